The minimum Gasteiger partial charge on any atom is -0.490 e. The van der Waals surface area contributed by atoms with Gasteiger partial charge in [-0.2, -0.15) is 5.10 Å². The molecule has 1 N–H and O–H groups in total. The van der Waals surface area contributed by atoms with Gasteiger partial charge >= 0.3 is 5.91 Å². The molecular formula is C28H24ClN3O6. The van der Waals surface area contributed by atoms with Crippen molar-refractivity contribution in [1.82, 2.24) is 5.43 Å². The number of carbonyl (C=O) groups is 1. The van der Waals surface area contributed by atoms with Gasteiger partial charge in [0.1, 0.15) is 12.2 Å². The third-order valence-electron chi connectivity index (χ3n) is 5.43. The summed E-state index contributed by atoms with van der Waals surface area (Å²) in [5.74, 6) is 0.511. The second kappa shape index (κ2) is 12.1. The van der Waals surface area contributed by atoms with Crippen LogP contribution in [0.2, 0.25) is 5.02 Å². The number of nitrogens with one attached hydrogen (secondary N) is 1. The molecule has 4 rings (SSSR count). The topological polar surface area (TPSA) is 116 Å². The third kappa shape index (κ3) is 6.37. The van der Waals surface area contributed by atoms with Gasteiger partial charge in [-0.25, -0.2) is 5.43 Å². The molecule has 0 atom stereocenters. The smallest absolute Gasteiger partial charge is 0.307 e. The summed E-state index contributed by atoms with van der Waals surface area (Å²) >= 11 is 5.97. The summed E-state index contributed by atoms with van der Waals surface area (Å²) in [6.07, 6.45) is 3.76. The van der Waals surface area contributed by atoms with Crippen molar-refractivity contribution in [1.29, 1.82) is 0 Å². The summed E-state index contributed by atoms with van der Waals surface area (Å²) in [7, 11) is 0. The van der Waals surface area contributed by atoms with E-state index in [0.29, 0.717) is 52.7 Å². The quantitative estimate of drug-likeness (QED) is 0.102. The number of allylic oxidation sites excluding steroid dienone is 1. The number of rotatable bonds is 11. The van der Waals surface area contributed by atoms with E-state index >= 15 is 0 Å². The first-order chi connectivity index (χ1) is 18.4. The van der Waals surface area contributed by atoms with Crippen molar-refractivity contribution in [2.24, 2.45) is 5.10 Å². The van der Waals surface area contributed by atoms with Gasteiger partial charge in [0, 0.05) is 28.1 Å². The molecule has 0 aliphatic heterocycles. The highest BCUT2D eigenvalue weighted by molar-refractivity contribution is 6.30. The first-order valence-corrected chi connectivity index (χ1v) is 12.0. The Labute approximate surface area is 223 Å². The molecule has 0 saturated heterocycles. The molecule has 0 spiro atoms. The second-order valence-electron chi connectivity index (χ2n) is 8.14. The number of furan rings is 1. The fourth-order valence-corrected chi connectivity index (χ4v) is 3.83. The molecule has 0 radical (unpaired) electrons. The number of nitrogens with zero attached hydrogens (tertiary/aromatic N) is 2. The van der Waals surface area contributed by atoms with Gasteiger partial charge in [0.25, 0.3) is 5.69 Å². The molecule has 0 bridgehead atoms. The average Bonchev–Trinajstić information content (AvgIpc) is 3.33. The lowest BCUT2D eigenvalue weighted by atomic mass is 10.1. The zero-order valence-corrected chi connectivity index (χ0v) is 21.2. The van der Waals surface area contributed by atoms with Crippen LogP contribution in [0.25, 0.3) is 11.0 Å². The molecule has 0 saturated carbocycles. The Bertz CT molecular complexity index is 1510. The van der Waals surface area contributed by atoms with Gasteiger partial charge in [-0.3, -0.25) is 14.9 Å². The van der Waals surface area contributed by atoms with Crippen molar-refractivity contribution in [3.05, 3.63) is 111 Å². The number of ether oxygens (including phenoxy) is 2. The number of benzene rings is 3. The lowest BCUT2D eigenvalue weighted by Crippen LogP contribution is -2.16. The minimum atomic E-state index is -0.598. The van der Waals surface area contributed by atoms with Gasteiger partial charge in [-0.1, -0.05) is 29.8 Å². The van der Waals surface area contributed by atoms with Gasteiger partial charge in [0.15, 0.2) is 17.3 Å². The molecule has 1 amide bonds. The zero-order valence-electron chi connectivity index (χ0n) is 20.5. The molecule has 1 aromatic heterocycles. The van der Waals surface area contributed by atoms with Crippen LogP contribution < -0.4 is 14.9 Å². The fraction of sp³-hybridized carbons (Fsp3) is 0.143. The Balaban J connectivity index is 1.51. The minimum absolute atomic E-state index is 0.0223. The van der Waals surface area contributed by atoms with Crippen LogP contribution in [0.15, 0.2) is 82.8 Å². The Morgan fingerprint density at radius 2 is 1.95 bits per heavy atom. The van der Waals surface area contributed by atoms with Crippen LogP contribution >= 0.6 is 11.6 Å². The summed E-state index contributed by atoms with van der Waals surface area (Å²) in [4.78, 5) is 23.0. The van der Waals surface area contributed by atoms with E-state index in [4.69, 9.17) is 25.5 Å². The van der Waals surface area contributed by atoms with Gasteiger partial charge in [-0.05, 0) is 60.9 Å². The number of halogens is 1. The van der Waals surface area contributed by atoms with E-state index in [-0.39, 0.29) is 11.4 Å². The number of nitro groups is 1. The Morgan fingerprint density at radius 3 is 2.66 bits per heavy atom. The lowest BCUT2D eigenvalue weighted by Gasteiger charge is -2.17. The molecule has 0 aliphatic rings. The van der Waals surface area contributed by atoms with Crippen molar-refractivity contribution in [3.63, 3.8) is 0 Å². The molecule has 9 nitrogen and oxygen atoms in total. The van der Waals surface area contributed by atoms with E-state index in [0.717, 1.165) is 11.1 Å². The van der Waals surface area contributed by atoms with Crippen LogP contribution in [0.3, 0.4) is 0 Å². The Kier molecular flexibility index (Phi) is 8.40. The molecule has 0 fully saturated rings. The molecule has 194 valence electrons. The number of hydrazone groups is 1. The highest BCUT2D eigenvalue weighted by Gasteiger charge is 2.16. The van der Waals surface area contributed by atoms with Crippen LogP contribution in [0.5, 0.6) is 11.5 Å². The first kappa shape index (κ1) is 26.4. The molecule has 0 aliphatic carbocycles. The van der Waals surface area contributed by atoms with Gasteiger partial charge in [-0.15, -0.1) is 6.58 Å². The average molecular weight is 534 g/mol. The van der Waals surface area contributed by atoms with Gasteiger partial charge in [0.05, 0.1) is 17.7 Å². The predicted molar refractivity (Wildman–Crippen MR) is 145 cm³/mol. The summed E-state index contributed by atoms with van der Waals surface area (Å²) in [5.41, 5.74) is 5.14. The standard InChI is InChI=1S/C28H24ClN3O6/c1-3-5-20-12-19(13-25(36-4-2)27(20)37-17-18-6-8-22(29)9-7-18)16-30-31-28(33)26-15-21-14-23(32(34)35)10-11-24(21)38-26/h3,6-16H,1,4-5,17H2,2H3,(H,31,33)/b30-16-. The number of nitro benzene ring substituents is 1. The summed E-state index contributed by atoms with van der Waals surface area (Å²) in [5, 5.41) is 16.1. The lowest BCUT2D eigenvalue weighted by molar-refractivity contribution is -0.384. The third-order valence-corrected chi connectivity index (χ3v) is 5.68. The fourth-order valence-electron chi connectivity index (χ4n) is 3.70. The highest BCUT2D eigenvalue weighted by Crippen LogP contribution is 2.34. The molecule has 10 heteroatoms. The van der Waals surface area contributed by atoms with Crippen LogP contribution in [-0.4, -0.2) is 23.7 Å². The van der Waals surface area contributed by atoms with Gasteiger partial charge < -0.3 is 13.9 Å². The van der Waals surface area contributed by atoms with E-state index in [1.165, 1.54) is 30.5 Å². The second-order valence-corrected chi connectivity index (χ2v) is 8.57. The largest absolute Gasteiger partial charge is 0.490 e. The number of non-ortho nitro benzene ring substituents is 1. The summed E-state index contributed by atoms with van der Waals surface area (Å²) < 4.78 is 17.5. The highest BCUT2D eigenvalue weighted by atomic mass is 35.5. The number of hydrogen-bond acceptors (Lipinski definition) is 7. The van der Waals surface area contributed by atoms with Crippen molar-refractivity contribution >= 4 is 40.4 Å². The van der Waals surface area contributed by atoms with Crippen LogP contribution in [-0.2, 0) is 13.0 Å². The molecule has 3 aromatic carbocycles. The van der Waals surface area contributed by atoms with E-state index in [1.807, 2.05) is 25.1 Å². The monoisotopic (exact) mass is 533 g/mol. The number of fused-ring (bicyclic) bond motifs is 1. The number of hydrogen-bond donors (Lipinski definition) is 1. The van der Waals surface area contributed by atoms with Crippen molar-refractivity contribution < 1.29 is 23.6 Å². The van der Waals surface area contributed by atoms with Crippen LogP contribution in [0, 0.1) is 10.1 Å². The predicted octanol–water partition coefficient (Wildman–Crippen LogP) is 6.46. The van der Waals surface area contributed by atoms with Crippen LogP contribution in [0.1, 0.15) is 34.2 Å². The summed E-state index contributed by atoms with van der Waals surface area (Å²) in [6.45, 7) is 6.45. The summed E-state index contributed by atoms with van der Waals surface area (Å²) in [6, 6.07) is 16.5. The van der Waals surface area contributed by atoms with Gasteiger partial charge in [0.2, 0.25) is 0 Å². The maximum Gasteiger partial charge on any atom is 0.307 e. The van der Waals surface area contributed by atoms with Crippen LogP contribution in [0.4, 0.5) is 5.69 Å². The van der Waals surface area contributed by atoms with Crippen molar-refractivity contribution in [2.45, 2.75) is 20.0 Å². The van der Waals surface area contributed by atoms with E-state index in [1.54, 1.807) is 24.3 Å². The maximum atomic E-state index is 12.5. The number of carbonyl (C=O) groups excluding carboxylic acids is 1. The molecular weight excluding hydrogens is 510 g/mol. The maximum absolute atomic E-state index is 12.5. The SMILES string of the molecule is C=CCc1cc(/C=N\NC(=O)c2cc3cc([N+](=O)[O-])ccc3o2)cc(OCC)c1OCc1ccc(Cl)cc1. The first-order valence-electron chi connectivity index (χ1n) is 11.7. The van der Waals surface area contributed by atoms with E-state index in [9.17, 15) is 14.9 Å². The van der Waals surface area contributed by atoms with E-state index < -0.39 is 10.8 Å². The molecule has 4 aromatic rings. The molecule has 1 heterocycles. The zero-order chi connectivity index (χ0) is 27.1. The van der Waals surface area contributed by atoms with E-state index in [2.05, 4.69) is 17.1 Å². The van der Waals surface area contributed by atoms with Crippen molar-refractivity contribution in [3.8, 4) is 11.5 Å². The molecule has 38 heavy (non-hydrogen) atoms. The van der Waals surface area contributed by atoms with Crippen molar-refractivity contribution in [2.75, 3.05) is 6.61 Å². The Hall–Kier alpha value is -4.63. The number of amides is 1. The normalized spacial score (nSPS) is 11.0. The Morgan fingerprint density at radius 1 is 1.16 bits per heavy atom. The molecule has 0 unspecified atom stereocenters.